The minimum Gasteiger partial charge on any atom is -0.496 e. The summed E-state index contributed by atoms with van der Waals surface area (Å²) in [7, 11) is 1.56. The predicted molar refractivity (Wildman–Crippen MR) is 134 cm³/mol. The third kappa shape index (κ3) is 4.00. The average molecular weight is 485 g/mol. The fourth-order valence-corrected chi connectivity index (χ4v) is 4.56. The van der Waals surface area contributed by atoms with E-state index in [2.05, 4.69) is 10.4 Å². The van der Waals surface area contributed by atoms with Crippen molar-refractivity contribution in [3.8, 4) is 17.0 Å². The zero-order valence-electron chi connectivity index (χ0n) is 19.9. The molecule has 5 rings (SSSR count). The molecule has 1 aliphatic rings. The van der Waals surface area contributed by atoms with Crippen LogP contribution in [0.15, 0.2) is 84.9 Å². The molecule has 1 atom stereocenters. The third-order valence-electron chi connectivity index (χ3n) is 6.44. The highest BCUT2D eigenvalue weighted by Gasteiger charge is 2.49. The Morgan fingerprint density at radius 3 is 2.50 bits per heavy atom. The summed E-state index contributed by atoms with van der Waals surface area (Å²) in [4.78, 5) is 28.8. The van der Waals surface area contributed by atoms with Gasteiger partial charge in [0.2, 0.25) is 5.91 Å². The van der Waals surface area contributed by atoms with Crippen LogP contribution < -0.4 is 15.0 Å². The Balaban J connectivity index is 1.55. The molecule has 1 N–H and O–H groups in total. The number of halogens is 1. The zero-order valence-corrected chi connectivity index (χ0v) is 19.9. The number of para-hydroxylation sites is 2. The normalized spacial score (nSPS) is 17.0. The Morgan fingerprint density at radius 1 is 1.06 bits per heavy atom. The highest BCUT2D eigenvalue weighted by atomic mass is 19.1. The quantitative estimate of drug-likeness (QED) is 0.439. The summed E-state index contributed by atoms with van der Waals surface area (Å²) in [6, 6.07) is 24.4. The smallest absolute Gasteiger partial charge is 0.277 e. The number of nitrogens with zero attached hydrogens (tertiary/aromatic N) is 3. The molecule has 0 saturated heterocycles. The maximum atomic E-state index is 15.0. The van der Waals surface area contributed by atoms with Gasteiger partial charge in [-0.25, -0.2) is 4.39 Å². The van der Waals surface area contributed by atoms with Crippen molar-refractivity contribution in [2.45, 2.75) is 25.6 Å². The largest absolute Gasteiger partial charge is 0.496 e. The van der Waals surface area contributed by atoms with E-state index in [9.17, 15) is 14.0 Å². The molecule has 7 nitrogen and oxygen atoms in total. The molecule has 0 fully saturated rings. The van der Waals surface area contributed by atoms with Crippen molar-refractivity contribution in [2.75, 3.05) is 12.0 Å². The summed E-state index contributed by atoms with van der Waals surface area (Å²) in [5.41, 5.74) is 1.09. The highest BCUT2D eigenvalue weighted by Crippen LogP contribution is 2.35. The van der Waals surface area contributed by atoms with Gasteiger partial charge in [0.05, 0.1) is 25.0 Å². The number of methoxy groups -OCH3 is 1. The molecule has 4 aromatic rings. The van der Waals surface area contributed by atoms with Crippen LogP contribution >= 0.6 is 0 Å². The van der Waals surface area contributed by atoms with Crippen molar-refractivity contribution in [1.82, 2.24) is 15.1 Å². The van der Waals surface area contributed by atoms with Crippen molar-refractivity contribution >= 4 is 17.5 Å². The molecule has 36 heavy (non-hydrogen) atoms. The first-order valence-corrected chi connectivity index (χ1v) is 11.5. The average Bonchev–Trinajstić information content (AvgIpc) is 3.33. The summed E-state index contributed by atoms with van der Waals surface area (Å²) in [6.07, 6.45) is 0. The van der Waals surface area contributed by atoms with Crippen LogP contribution in [0.2, 0.25) is 0 Å². The molecule has 2 amide bonds. The Bertz CT molecular complexity index is 1440. The van der Waals surface area contributed by atoms with Gasteiger partial charge >= 0.3 is 0 Å². The lowest BCUT2D eigenvalue weighted by atomic mass is 9.93. The van der Waals surface area contributed by atoms with Crippen molar-refractivity contribution in [3.05, 3.63) is 102 Å². The Hall–Kier alpha value is -4.46. The molecule has 0 saturated carbocycles. The van der Waals surface area contributed by atoms with Crippen molar-refractivity contribution < 1.29 is 18.7 Å². The van der Waals surface area contributed by atoms with Crippen LogP contribution in [-0.2, 0) is 17.9 Å². The number of benzene rings is 3. The van der Waals surface area contributed by atoms with E-state index in [-0.39, 0.29) is 24.5 Å². The summed E-state index contributed by atoms with van der Waals surface area (Å²) in [5.74, 6) is -0.898. The molecule has 0 bridgehead atoms. The number of carbonyl (C=O) groups excluding carboxylic acids is 2. The van der Waals surface area contributed by atoms with Crippen molar-refractivity contribution in [1.29, 1.82) is 0 Å². The molecule has 182 valence electrons. The lowest BCUT2D eigenvalue weighted by molar-refractivity contribution is -0.126. The molecule has 1 aromatic heterocycles. The van der Waals surface area contributed by atoms with E-state index in [1.807, 2.05) is 48.5 Å². The molecule has 0 unspecified atom stereocenters. The van der Waals surface area contributed by atoms with Crippen LogP contribution in [0, 0.1) is 5.82 Å². The van der Waals surface area contributed by atoms with Crippen LogP contribution in [-0.4, -0.2) is 34.2 Å². The fourth-order valence-electron chi connectivity index (χ4n) is 4.56. The number of amides is 2. The van der Waals surface area contributed by atoms with E-state index >= 15 is 0 Å². The van der Waals surface area contributed by atoms with Gasteiger partial charge in [0, 0.05) is 17.7 Å². The molecule has 0 spiro atoms. The number of rotatable bonds is 6. The van der Waals surface area contributed by atoms with E-state index < -0.39 is 23.2 Å². The summed E-state index contributed by atoms with van der Waals surface area (Å²) >= 11 is 0. The van der Waals surface area contributed by atoms with Gasteiger partial charge in [0.15, 0.2) is 0 Å². The van der Waals surface area contributed by atoms with Crippen LogP contribution in [0.3, 0.4) is 0 Å². The van der Waals surface area contributed by atoms with E-state index in [0.717, 1.165) is 11.1 Å². The zero-order chi connectivity index (χ0) is 25.3. The molecular formula is C28H25FN4O3. The van der Waals surface area contributed by atoms with E-state index in [1.165, 1.54) is 21.7 Å². The minimum absolute atomic E-state index is 0.0335. The number of anilines is 1. The van der Waals surface area contributed by atoms with E-state index in [1.54, 1.807) is 38.3 Å². The topological polar surface area (TPSA) is 76.5 Å². The first-order valence-electron chi connectivity index (χ1n) is 11.5. The van der Waals surface area contributed by atoms with E-state index in [0.29, 0.717) is 11.4 Å². The maximum Gasteiger partial charge on any atom is 0.277 e. The molecule has 1 aliphatic heterocycles. The molecular weight excluding hydrogens is 459 g/mol. The Kier molecular flexibility index (Phi) is 6.01. The second-order valence-corrected chi connectivity index (χ2v) is 8.80. The summed E-state index contributed by atoms with van der Waals surface area (Å²) in [6.45, 7) is 1.85. The minimum atomic E-state index is -1.45. The van der Waals surface area contributed by atoms with Crippen molar-refractivity contribution in [3.63, 3.8) is 0 Å². The van der Waals surface area contributed by atoms with Crippen LogP contribution in [0.5, 0.6) is 5.75 Å². The van der Waals surface area contributed by atoms with Crippen molar-refractivity contribution in [2.24, 2.45) is 0 Å². The number of nitrogens with one attached hydrogen (secondary N) is 1. The molecule has 2 heterocycles. The standard InChI is InChI=1S/C28H25FN4O3/c1-28(27(35)30-17-20-12-6-9-15-25(20)36-2)18-32-24(16-22(31-32)19-10-4-3-5-11-19)26(34)33(28)23-14-8-7-13-21(23)29/h3-16H,17-18H2,1-2H3,(H,30,35)/t28-/m1/s1. The Labute approximate surface area is 208 Å². The third-order valence-corrected chi connectivity index (χ3v) is 6.44. The molecule has 0 radical (unpaired) electrons. The van der Waals surface area contributed by atoms with Gasteiger partial charge in [-0.15, -0.1) is 0 Å². The second-order valence-electron chi connectivity index (χ2n) is 8.80. The number of hydrogen-bond donors (Lipinski definition) is 1. The monoisotopic (exact) mass is 484 g/mol. The van der Waals surface area contributed by atoms with Gasteiger partial charge in [0.25, 0.3) is 5.91 Å². The number of carbonyl (C=O) groups is 2. The van der Waals surface area contributed by atoms with Gasteiger partial charge in [0.1, 0.15) is 22.8 Å². The van der Waals surface area contributed by atoms with Gasteiger partial charge in [-0.2, -0.15) is 5.10 Å². The van der Waals surface area contributed by atoms with Crippen LogP contribution in [0.4, 0.5) is 10.1 Å². The number of hydrogen-bond acceptors (Lipinski definition) is 4. The summed E-state index contributed by atoms with van der Waals surface area (Å²) in [5, 5.41) is 7.54. The van der Waals surface area contributed by atoms with E-state index in [4.69, 9.17) is 4.74 Å². The van der Waals surface area contributed by atoms with Crippen LogP contribution in [0.1, 0.15) is 23.0 Å². The first-order chi connectivity index (χ1) is 17.4. The highest BCUT2D eigenvalue weighted by molar-refractivity contribution is 6.12. The van der Waals surface area contributed by atoms with Gasteiger partial charge in [-0.05, 0) is 31.2 Å². The molecule has 3 aromatic carbocycles. The second kappa shape index (κ2) is 9.30. The van der Waals surface area contributed by atoms with Crippen LogP contribution in [0.25, 0.3) is 11.3 Å². The summed E-state index contributed by atoms with van der Waals surface area (Å²) < 4.78 is 21.9. The lowest BCUT2D eigenvalue weighted by Gasteiger charge is -2.43. The number of ether oxygens (including phenoxy) is 1. The maximum absolute atomic E-state index is 15.0. The number of fused-ring (bicyclic) bond motifs is 1. The number of aromatic nitrogens is 2. The fraction of sp³-hybridized carbons (Fsp3) is 0.179. The van der Waals surface area contributed by atoms with Gasteiger partial charge < -0.3 is 10.1 Å². The SMILES string of the molecule is COc1ccccc1CNC(=O)[C@@]1(C)Cn2nc(-c3ccccc3)cc2C(=O)N1c1ccccc1F. The first kappa shape index (κ1) is 23.3. The van der Waals surface area contributed by atoms with Gasteiger partial charge in [-0.3, -0.25) is 19.2 Å². The Morgan fingerprint density at radius 2 is 1.75 bits per heavy atom. The molecule has 8 heteroatoms. The predicted octanol–water partition coefficient (Wildman–Crippen LogP) is 4.43. The lowest BCUT2D eigenvalue weighted by Crippen LogP contribution is -2.64. The molecule has 0 aliphatic carbocycles. The van der Waals surface area contributed by atoms with Gasteiger partial charge in [-0.1, -0.05) is 60.7 Å².